The molecule has 0 radical (unpaired) electrons. The largest absolute Gasteiger partial charge is 0.462 e. The highest BCUT2D eigenvalue weighted by Gasteiger charge is 2.25. The van der Waals surface area contributed by atoms with E-state index < -0.39 is 23.6 Å². The monoisotopic (exact) mass is 419 g/mol. The average molecular weight is 419 g/mol. The van der Waals surface area contributed by atoms with Gasteiger partial charge in [0.15, 0.2) is 11.9 Å². The third-order valence-electron chi connectivity index (χ3n) is 4.42. The van der Waals surface area contributed by atoms with Crippen molar-refractivity contribution in [3.05, 3.63) is 43.6 Å². The second-order valence-electron chi connectivity index (χ2n) is 6.37. The lowest BCUT2D eigenvalue weighted by atomic mass is 10.1. The molecule has 10 heteroatoms. The van der Waals surface area contributed by atoms with Crippen LogP contribution in [0, 0.1) is 13.8 Å². The van der Waals surface area contributed by atoms with Crippen molar-refractivity contribution in [3.8, 4) is 0 Å². The van der Waals surface area contributed by atoms with Gasteiger partial charge in [-0.25, -0.2) is 14.6 Å². The number of aromatic amines is 1. The molecular weight excluding hydrogens is 398 g/mol. The van der Waals surface area contributed by atoms with Crippen LogP contribution in [-0.4, -0.2) is 33.7 Å². The third-order valence-corrected chi connectivity index (χ3v) is 5.59. The summed E-state index contributed by atoms with van der Waals surface area (Å²) >= 11 is 1.07. The second-order valence-corrected chi connectivity index (χ2v) is 7.37. The van der Waals surface area contributed by atoms with Gasteiger partial charge in [-0.3, -0.25) is 4.79 Å². The van der Waals surface area contributed by atoms with Crippen molar-refractivity contribution < 1.29 is 23.6 Å². The number of ether oxygens (including phenoxy) is 2. The van der Waals surface area contributed by atoms with E-state index in [9.17, 15) is 14.4 Å². The minimum absolute atomic E-state index is 0.180. The molecule has 9 nitrogen and oxygen atoms in total. The van der Waals surface area contributed by atoms with Gasteiger partial charge in [0.2, 0.25) is 0 Å². The van der Waals surface area contributed by atoms with Gasteiger partial charge in [0, 0.05) is 0 Å². The molecule has 0 saturated carbocycles. The van der Waals surface area contributed by atoms with E-state index in [-0.39, 0.29) is 18.0 Å². The van der Waals surface area contributed by atoms with Gasteiger partial charge in [0.25, 0.3) is 5.56 Å². The Balaban J connectivity index is 1.93. The quantitative estimate of drug-likeness (QED) is 0.604. The molecular formula is C19H21N3O6S. The van der Waals surface area contributed by atoms with Crippen LogP contribution in [0.4, 0.5) is 0 Å². The summed E-state index contributed by atoms with van der Waals surface area (Å²) in [6, 6.07) is 0. The zero-order valence-corrected chi connectivity index (χ0v) is 17.6. The van der Waals surface area contributed by atoms with Crippen molar-refractivity contribution in [1.82, 2.24) is 15.1 Å². The van der Waals surface area contributed by atoms with Crippen LogP contribution in [0.15, 0.2) is 9.32 Å². The fourth-order valence-corrected chi connectivity index (χ4v) is 4.02. The highest BCUT2D eigenvalue weighted by molar-refractivity contribution is 7.20. The summed E-state index contributed by atoms with van der Waals surface area (Å²) in [4.78, 5) is 45.0. The Kier molecular flexibility index (Phi) is 5.83. The Morgan fingerprint density at radius 2 is 1.97 bits per heavy atom. The van der Waals surface area contributed by atoms with E-state index in [0.29, 0.717) is 38.5 Å². The third kappa shape index (κ3) is 3.80. The van der Waals surface area contributed by atoms with Crippen LogP contribution < -0.4 is 5.56 Å². The smallest absolute Gasteiger partial charge is 0.348 e. The lowest BCUT2D eigenvalue weighted by molar-refractivity contribution is 0.0316. The number of fused-ring (bicyclic) bond motifs is 1. The first-order valence-electron chi connectivity index (χ1n) is 9.14. The summed E-state index contributed by atoms with van der Waals surface area (Å²) in [7, 11) is 0. The molecule has 3 heterocycles. The predicted octanol–water partition coefficient (Wildman–Crippen LogP) is 3.25. The molecule has 0 fully saturated rings. The average Bonchev–Trinajstić information content (AvgIpc) is 3.21. The molecule has 1 atom stereocenters. The molecule has 0 aliphatic carbocycles. The number of carbonyl (C=O) groups is 2. The van der Waals surface area contributed by atoms with Crippen LogP contribution in [0.1, 0.15) is 69.7 Å². The molecule has 0 aromatic carbocycles. The number of H-pyrrole nitrogens is 1. The summed E-state index contributed by atoms with van der Waals surface area (Å²) in [6.07, 6.45) is -0.311. The molecule has 3 aromatic heterocycles. The van der Waals surface area contributed by atoms with Gasteiger partial charge in [0.1, 0.15) is 21.0 Å². The Hall–Kier alpha value is -3.01. The molecule has 0 saturated heterocycles. The van der Waals surface area contributed by atoms with Gasteiger partial charge in [-0.2, -0.15) is 0 Å². The Bertz CT molecular complexity index is 1140. The predicted molar refractivity (Wildman–Crippen MR) is 105 cm³/mol. The van der Waals surface area contributed by atoms with Gasteiger partial charge in [-0.05, 0) is 39.7 Å². The SMILES string of the molecule is CCOC(=O)c1sc2nc([C@H](C)OC(=O)c3c(CC)noc3C)[nH]c(=O)c2c1C. The van der Waals surface area contributed by atoms with Crippen molar-refractivity contribution in [2.24, 2.45) is 0 Å². The van der Waals surface area contributed by atoms with Crippen molar-refractivity contribution in [1.29, 1.82) is 0 Å². The van der Waals surface area contributed by atoms with E-state index in [2.05, 4.69) is 15.1 Å². The van der Waals surface area contributed by atoms with Gasteiger partial charge in [-0.1, -0.05) is 12.1 Å². The summed E-state index contributed by atoms with van der Waals surface area (Å²) in [5.74, 6) is -0.558. The second kappa shape index (κ2) is 8.16. The molecule has 0 aliphatic heterocycles. The van der Waals surface area contributed by atoms with Crippen LogP contribution in [0.5, 0.6) is 0 Å². The standard InChI is InChI=1S/C19H21N3O6S/c1-6-11-13(9(4)28-22-11)18(24)27-10(5)15-20-16(23)12-8(3)14(19(25)26-7-2)29-17(12)21-15/h10H,6-7H2,1-5H3,(H,20,21,23)/t10-/m0/s1. The fraction of sp³-hybridized carbons (Fsp3) is 0.421. The highest BCUT2D eigenvalue weighted by atomic mass is 32.1. The summed E-state index contributed by atoms with van der Waals surface area (Å²) in [5.41, 5.74) is 0.887. The molecule has 154 valence electrons. The zero-order valence-electron chi connectivity index (χ0n) is 16.7. The maximum absolute atomic E-state index is 12.6. The van der Waals surface area contributed by atoms with Gasteiger partial charge in [-0.15, -0.1) is 11.3 Å². The van der Waals surface area contributed by atoms with E-state index in [1.165, 1.54) is 0 Å². The van der Waals surface area contributed by atoms with Crippen LogP contribution in [-0.2, 0) is 15.9 Å². The first kappa shape index (κ1) is 20.7. The van der Waals surface area contributed by atoms with E-state index in [1.54, 1.807) is 27.7 Å². The molecule has 0 unspecified atom stereocenters. The zero-order chi connectivity index (χ0) is 21.3. The van der Waals surface area contributed by atoms with Crippen molar-refractivity contribution in [2.45, 2.75) is 47.1 Å². The van der Waals surface area contributed by atoms with E-state index in [4.69, 9.17) is 14.0 Å². The first-order chi connectivity index (χ1) is 13.8. The maximum Gasteiger partial charge on any atom is 0.348 e. The van der Waals surface area contributed by atoms with Crippen LogP contribution in [0.3, 0.4) is 0 Å². The minimum Gasteiger partial charge on any atom is -0.462 e. The number of esters is 2. The Morgan fingerprint density at radius 3 is 2.62 bits per heavy atom. The summed E-state index contributed by atoms with van der Waals surface area (Å²) in [6.45, 7) is 8.70. The fourth-order valence-electron chi connectivity index (χ4n) is 2.94. The molecule has 29 heavy (non-hydrogen) atoms. The molecule has 0 amide bonds. The van der Waals surface area contributed by atoms with E-state index >= 15 is 0 Å². The molecule has 3 aromatic rings. The molecule has 0 bridgehead atoms. The van der Waals surface area contributed by atoms with Crippen molar-refractivity contribution >= 4 is 33.5 Å². The number of thiophene rings is 1. The molecule has 0 spiro atoms. The molecule has 1 N–H and O–H groups in total. The van der Waals surface area contributed by atoms with Crippen LogP contribution in [0.2, 0.25) is 0 Å². The minimum atomic E-state index is -0.827. The maximum atomic E-state index is 12.6. The van der Waals surface area contributed by atoms with Gasteiger partial charge < -0.3 is 19.0 Å². The Labute approximate surface area is 170 Å². The number of aryl methyl sites for hydroxylation is 3. The lowest BCUT2D eigenvalue weighted by Crippen LogP contribution is -2.18. The molecule has 3 rings (SSSR count). The summed E-state index contributed by atoms with van der Waals surface area (Å²) in [5, 5.41) is 4.17. The normalized spacial score (nSPS) is 12.2. The number of nitrogens with zero attached hydrogens (tertiary/aromatic N) is 2. The highest BCUT2D eigenvalue weighted by Crippen LogP contribution is 2.29. The van der Waals surface area contributed by atoms with E-state index in [0.717, 1.165) is 11.3 Å². The van der Waals surface area contributed by atoms with Crippen LogP contribution >= 0.6 is 11.3 Å². The van der Waals surface area contributed by atoms with Gasteiger partial charge in [0.05, 0.1) is 17.7 Å². The number of carbonyl (C=O) groups excluding carboxylic acids is 2. The van der Waals surface area contributed by atoms with Gasteiger partial charge >= 0.3 is 11.9 Å². The van der Waals surface area contributed by atoms with E-state index in [1.807, 2.05) is 6.92 Å². The van der Waals surface area contributed by atoms with Crippen LogP contribution in [0.25, 0.3) is 10.2 Å². The number of rotatable bonds is 6. The van der Waals surface area contributed by atoms with Crippen molar-refractivity contribution in [2.75, 3.05) is 6.61 Å². The number of nitrogens with one attached hydrogen (secondary N) is 1. The molecule has 0 aliphatic rings. The van der Waals surface area contributed by atoms with Crippen molar-refractivity contribution in [3.63, 3.8) is 0 Å². The number of hydrogen-bond donors (Lipinski definition) is 1. The number of aromatic nitrogens is 3. The topological polar surface area (TPSA) is 124 Å². The Morgan fingerprint density at radius 1 is 1.24 bits per heavy atom. The summed E-state index contributed by atoms with van der Waals surface area (Å²) < 4.78 is 15.6. The number of hydrogen-bond acceptors (Lipinski definition) is 9. The first-order valence-corrected chi connectivity index (χ1v) is 9.96. The lowest BCUT2D eigenvalue weighted by Gasteiger charge is -2.12.